The number of amides is 1. The maximum absolute atomic E-state index is 11.7. The first-order valence-electron chi connectivity index (χ1n) is 6.68. The fourth-order valence-corrected chi connectivity index (χ4v) is 1.79. The normalized spacial score (nSPS) is 10.0. The number of anilines is 1. The Bertz CT molecular complexity index is 615. The monoisotopic (exact) mass is 284 g/mol. The first kappa shape index (κ1) is 14.8. The Morgan fingerprint density at radius 2 is 2.24 bits per heavy atom. The molecule has 1 N–H and O–H groups in total. The van der Waals surface area contributed by atoms with Crippen LogP contribution in [0.5, 0.6) is 0 Å². The maximum Gasteiger partial charge on any atom is 0.224 e. The molecule has 0 saturated carbocycles. The number of carbonyl (C=O) groups is 1. The van der Waals surface area contributed by atoms with Gasteiger partial charge < -0.3 is 14.5 Å². The number of ether oxygens (including phenoxy) is 1. The zero-order valence-electron chi connectivity index (χ0n) is 11.5. The molecule has 0 atom stereocenters. The second-order valence-electron chi connectivity index (χ2n) is 4.48. The summed E-state index contributed by atoms with van der Waals surface area (Å²) in [5.41, 5.74) is 1.16. The molecule has 0 spiro atoms. The summed E-state index contributed by atoms with van der Waals surface area (Å²) < 4.78 is 10.5. The van der Waals surface area contributed by atoms with Gasteiger partial charge in [0, 0.05) is 18.7 Å². The maximum atomic E-state index is 11.7. The first-order chi connectivity index (χ1) is 10.3. The second kappa shape index (κ2) is 7.88. The predicted octanol–water partition coefficient (Wildman–Crippen LogP) is 3.09. The molecule has 1 amide bonds. The number of hydrogen-bond acceptors (Lipinski definition) is 4. The Labute approximate surface area is 123 Å². The lowest BCUT2D eigenvalue weighted by Gasteiger charge is -2.05. The molecule has 0 aliphatic rings. The number of rotatable bonds is 7. The molecule has 5 heteroatoms. The molecule has 1 aromatic heterocycles. The topological polar surface area (TPSA) is 75.3 Å². The number of hydrogen-bond donors (Lipinski definition) is 1. The van der Waals surface area contributed by atoms with Crippen LogP contribution in [0.3, 0.4) is 0 Å². The number of furan rings is 1. The van der Waals surface area contributed by atoms with Crippen molar-refractivity contribution >= 4 is 11.6 Å². The van der Waals surface area contributed by atoms with Crippen LogP contribution in [0.1, 0.15) is 24.2 Å². The molecular weight excluding hydrogens is 268 g/mol. The van der Waals surface area contributed by atoms with Crippen LogP contribution in [0.15, 0.2) is 47.1 Å². The van der Waals surface area contributed by atoms with E-state index in [0.717, 1.165) is 5.76 Å². The molecule has 2 aromatic rings. The third kappa shape index (κ3) is 5.13. The predicted molar refractivity (Wildman–Crippen MR) is 77.4 cm³/mol. The quantitative estimate of drug-likeness (QED) is 0.793. The van der Waals surface area contributed by atoms with Gasteiger partial charge in [0.2, 0.25) is 5.91 Å². The van der Waals surface area contributed by atoms with Crippen molar-refractivity contribution in [3.05, 3.63) is 54.0 Å². The third-order valence-electron chi connectivity index (χ3n) is 2.79. The van der Waals surface area contributed by atoms with Crippen molar-refractivity contribution in [2.45, 2.75) is 19.4 Å². The van der Waals surface area contributed by atoms with Gasteiger partial charge in [-0.1, -0.05) is 6.07 Å². The average molecular weight is 284 g/mol. The van der Waals surface area contributed by atoms with Crippen LogP contribution in [0, 0.1) is 11.3 Å². The molecular formula is C16H16N2O3. The van der Waals surface area contributed by atoms with E-state index in [1.165, 1.54) is 0 Å². The number of nitrogens with one attached hydrogen (secondary N) is 1. The minimum Gasteiger partial charge on any atom is -0.467 e. The Balaban J connectivity index is 1.64. The summed E-state index contributed by atoms with van der Waals surface area (Å²) in [5, 5.41) is 11.5. The zero-order valence-corrected chi connectivity index (χ0v) is 11.5. The smallest absolute Gasteiger partial charge is 0.224 e. The molecule has 21 heavy (non-hydrogen) atoms. The van der Waals surface area contributed by atoms with E-state index in [0.29, 0.717) is 37.3 Å². The molecule has 0 aliphatic carbocycles. The van der Waals surface area contributed by atoms with Crippen molar-refractivity contribution in [3.63, 3.8) is 0 Å². The summed E-state index contributed by atoms with van der Waals surface area (Å²) in [4.78, 5) is 11.7. The van der Waals surface area contributed by atoms with Gasteiger partial charge >= 0.3 is 0 Å². The van der Waals surface area contributed by atoms with Gasteiger partial charge in [-0.05, 0) is 36.8 Å². The molecule has 1 heterocycles. The highest BCUT2D eigenvalue weighted by Gasteiger charge is 2.03. The fraction of sp³-hybridized carbons (Fsp3) is 0.250. The molecule has 0 bridgehead atoms. The summed E-state index contributed by atoms with van der Waals surface area (Å²) in [5.74, 6) is 0.680. The van der Waals surface area contributed by atoms with Gasteiger partial charge in [0.25, 0.3) is 0 Å². The molecule has 108 valence electrons. The van der Waals surface area contributed by atoms with Crippen molar-refractivity contribution < 1.29 is 13.9 Å². The van der Waals surface area contributed by atoms with E-state index in [9.17, 15) is 4.79 Å². The number of carbonyl (C=O) groups excluding carboxylic acids is 1. The van der Waals surface area contributed by atoms with Crippen LogP contribution in [-0.4, -0.2) is 12.5 Å². The fourth-order valence-electron chi connectivity index (χ4n) is 1.79. The summed E-state index contributed by atoms with van der Waals surface area (Å²) in [6.07, 6.45) is 2.60. The van der Waals surface area contributed by atoms with Crippen molar-refractivity contribution in [1.82, 2.24) is 0 Å². The highest BCUT2D eigenvalue weighted by Crippen LogP contribution is 2.10. The van der Waals surface area contributed by atoms with Crippen molar-refractivity contribution in [2.75, 3.05) is 11.9 Å². The third-order valence-corrected chi connectivity index (χ3v) is 2.79. The SMILES string of the molecule is N#Cc1cccc(NC(=O)CCCOCc2ccco2)c1. The van der Waals surface area contributed by atoms with Gasteiger partial charge in [-0.25, -0.2) is 0 Å². The summed E-state index contributed by atoms with van der Waals surface area (Å²) in [7, 11) is 0. The van der Waals surface area contributed by atoms with Crippen LogP contribution < -0.4 is 5.32 Å². The highest BCUT2D eigenvalue weighted by atomic mass is 16.5. The summed E-state index contributed by atoms with van der Waals surface area (Å²) >= 11 is 0. The summed E-state index contributed by atoms with van der Waals surface area (Å²) in [6.45, 7) is 0.908. The van der Waals surface area contributed by atoms with E-state index < -0.39 is 0 Å². The van der Waals surface area contributed by atoms with E-state index in [-0.39, 0.29) is 5.91 Å². The van der Waals surface area contributed by atoms with Crippen molar-refractivity contribution in [2.24, 2.45) is 0 Å². The van der Waals surface area contributed by atoms with Crippen LogP contribution >= 0.6 is 0 Å². The van der Waals surface area contributed by atoms with E-state index >= 15 is 0 Å². The van der Waals surface area contributed by atoms with Crippen LogP contribution in [0.4, 0.5) is 5.69 Å². The lowest BCUT2D eigenvalue weighted by molar-refractivity contribution is -0.116. The minimum absolute atomic E-state index is 0.0910. The van der Waals surface area contributed by atoms with Crippen molar-refractivity contribution in [1.29, 1.82) is 5.26 Å². The number of nitriles is 1. The number of benzene rings is 1. The Morgan fingerprint density at radius 1 is 1.33 bits per heavy atom. The molecule has 2 rings (SSSR count). The zero-order chi connectivity index (χ0) is 14.9. The molecule has 0 saturated heterocycles. The molecule has 0 aliphatic heterocycles. The van der Waals surface area contributed by atoms with E-state index in [4.69, 9.17) is 14.4 Å². The van der Waals surface area contributed by atoms with Gasteiger partial charge in [-0.3, -0.25) is 4.79 Å². The van der Waals surface area contributed by atoms with Crippen molar-refractivity contribution in [3.8, 4) is 6.07 Å². The van der Waals surface area contributed by atoms with Crippen LogP contribution in [0.25, 0.3) is 0 Å². The van der Waals surface area contributed by atoms with E-state index in [1.807, 2.05) is 18.2 Å². The molecule has 1 aromatic carbocycles. The number of nitrogens with zero attached hydrogens (tertiary/aromatic N) is 1. The lowest BCUT2D eigenvalue weighted by Crippen LogP contribution is -2.12. The van der Waals surface area contributed by atoms with Gasteiger partial charge in [0.05, 0.1) is 17.9 Å². The van der Waals surface area contributed by atoms with Gasteiger partial charge in [-0.15, -0.1) is 0 Å². The Morgan fingerprint density at radius 3 is 3.00 bits per heavy atom. The lowest BCUT2D eigenvalue weighted by atomic mass is 10.2. The Kier molecular flexibility index (Phi) is 5.56. The van der Waals surface area contributed by atoms with Crippen LogP contribution in [-0.2, 0) is 16.1 Å². The molecule has 0 fully saturated rings. The van der Waals surface area contributed by atoms with E-state index in [1.54, 1.807) is 30.5 Å². The molecule has 5 nitrogen and oxygen atoms in total. The van der Waals surface area contributed by atoms with Gasteiger partial charge in [0.15, 0.2) is 0 Å². The Hall–Kier alpha value is -2.58. The molecule has 0 radical (unpaired) electrons. The second-order valence-corrected chi connectivity index (χ2v) is 4.48. The van der Waals surface area contributed by atoms with Gasteiger partial charge in [-0.2, -0.15) is 5.26 Å². The largest absolute Gasteiger partial charge is 0.467 e. The molecule has 0 unspecified atom stereocenters. The summed E-state index contributed by atoms with van der Waals surface area (Å²) in [6, 6.07) is 12.5. The average Bonchev–Trinajstić information content (AvgIpc) is 3.00. The highest BCUT2D eigenvalue weighted by molar-refractivity contribution is 5.90. The van der Waals surface area contributed by atoms with E-state index in [2.05, 4.69) is 5.32 Å². The standard InChI is InChI=1S/C16H16N2O3/c17-11-13-4-1-5-14(10-13)18-16(19)7-3-8-20-12-15-6-2-9-21-15/h1-2,4-6,9-10H,3,7-8,12H2,(H,18,19). The minimum atomic E-state index is -0.0910. The first-order valence-corrected chi connectivity index (χ1v) is 6.68. The van der Waals surface area contributed by atoms with Crippen LogP contribution in [0.2, 0.25) is 0 Å². The van der Waals surface area contributed by atoms with Gasteiger partial charge in [0.1, 0.15) is 12.4 Å².